The second-order valence-electron chi connectivity index (χ2n) is 3.92. The number of aromatic nitrogens is 1. The van der Waals surface area contributed by atoms with Gasteiger partial charge in [0.2, 0.25) is 0 Å². The van der Waals surface area contributed by atoms with Crippen LogP contribution in [0.2, 0.25) is 0 Å². The summed E-state index contributed by atoms with van der Waals surface area (Å²) < 4.78 is 0. The zero-order valence-electron chi connectivity index (χ0n) is 8.03. The summed E-state index contributed by atoms with van der Waals surface area (Å²) in [5.74, 6) is 0.832. The van der Waals surface area contributed by atoms with E-state index >= 15 is 0 Å². The maximum Gasteiger partial charge on any atom is 0.0321 e. The van der Waals surface area contributed by atoms with Gasteiger partial charge in [0.25, 0.3) is 0 Å². The van der Waals surface area contributed by atoms with Gasteiger partial charge < -0.3 is 5.32 Å². The fourth-order valence-corrected chi connectivity index (χ4v) is 1.88. The number of hydrogen-bond acceptors (Lipinski definition) is 2. The highest BCUT2D eigenvalue weighted by Gasteiger charge is 2.18. The van der Waals surface area contributed by atoms with Gasteiger partial charge in [-0.05, 0) is 43.0 Å². The minimum atomic E-state index is 0.555. The first-order valence-electron chi connectivity index (χ1n) is 4.99. The number of nitrogens with one attached hydrogen (secondary N) is 1. The largest absolute Gasteiger partial charge is 0.310 e. The van der Waals surface area contributed by atoms with Gasteiger partial charge in [-0.2, -0.15) is 0 Å². The van der Waals surface area contributed by atoms with Gasteiger partial charge in [0.05, 0.1) is 0 Å². The Morgan fingerprint density at radius 1 is 1.31 bits per heavy atom. The van der Waals surface area contributed by atoms with Crippen molar-refractivity contribution in [1.29, 1.82) is 0 Å². The molecule has 13 heavy (non-hydrogen) atoms. The van der Waals surface area contributed by atoms with E-state index in [4.69, 9.17) is 0 Å². The average molecular weight is 176 g/mol. The van der Waals surface area contributed by atoms with Crippen LogP contribution in [0.15, 0.2) is 24.5 Å². The first-order valence-corrected chi connectivity index (χ1v) is 4.99. The molecule has 0 spiro atoms. The summed E-state index contributed by atoms with van der Waals surface area (Å²) in [6, 6.07) is 4.76. The van der Waals surface area contributed by atoms with Crippen LogP contribution in [-0.4, -0.2) is 11.5 Å². The first-order chi connectivity index (χ1) is 6.36. The lowest BCUT2D eigenvalue weighted by atomic mass is 9.93. The second kappa shape index (κ2) is 3.88. The molecule has 1 aliphatic heterocycles. The molecule has 1 aromatic rings. The summed E-state index contributed by atoms with van der Waals surface area (Å²) in [7, 11) is 0. The van der Waals surface area contributed by atoms with Crippen LogP contribution in [0, 0.1) is 5.92 Å². The minimum Gasteiger partial charge on any atom is -0.310 e. The molecular weight excluding hydrogens is 160 g/mol. The molecule has 0 saturated carbocycles. The van der Waals surface area contributed by atoms with Crippen molar-refractivity contribution in [3.05, 3.63) is 30.1 Å². The minimum absolute atomic E-state index is 0.555. The van der Waals surface area contributed by atoms with Crippen molar-refractivity contribution in [2.75, 3.05) is 6.54 Å². The van der Waals surface area contributed by atoms with Crippen molar-refractivity contribution in [3.8, 4) is 0 Å². The van der Waals surface area contributed by atoms with E-state index in [1.807, 2.05) is 12.4 Å². The zero-order valence-corrected chi connectivity index (χ0v) is 8.03. The predicted octanol–water partition coefficient (Wildman–Crippen LogP) is 2.14. The summed E-state index contributed by atoms with van der Waals surface area (Å²) in [5.41, 5.74) is 1.38. The summed E-state index contributed by atoms with van der Waals surface area (Å²) >= 11 is 0. The molecule has 0 unspecified atom stereocenters. The molecule has 1 aliphatic rings. The van der Waals surface area contributed by atoms with E-state index in [0.29, 0.717) is 6.04 Å². The fourth-order valence-electron chi connectivity index (χ4n) is 1.88. The lowest BCUT2D eigenvalue weighted by Crippen LogP contribution is -2.31. The van der Waals surface area contributed by atoms with E-state index in [-0.39, 0.29) is 0 Å². The molecule has 2 rings (SSSR count). The Hall–Kier alpha value is -0.890. The molecule has 0 aliphatic carbocycles. The van der Waals surface area contributed by atoms with Gasteiger partial charge in [-0.1, -0.05) is 6.92 Å². The highest BCUT2D eigenvalue weighted by molar-refractivity contribution is 5.15. The molecule has 1 aromatic heterocycles. The summed E-state index contributed by atoms with van der Waals surface area (Å²) in [6.07, 6.45) is 6.33. The Bertz CT molecular complexity index is 250. The Kier molecular flexibility index (Phi) is 2.60. The van der Waals surface area contributed by atoms with Crippen LogP contribution in [0.25, 0.3) is 0 Å². The van der Waals surface area contributed by atoms with Crippen molar-refractivity contribution in [2.45, 2.75) is 25.8 Å². The molecule has 1 saturated heterocycles. The number of piperidine rings is 1. The molecule has 0 aromatic carbocycles. The molecule has 2 atom stereocenters. The van der Waals surface area contributed by atoms with Crippen LogP contribution in [0.4, 0.5) is 0 Å². The molecule has 70 valence electrons. The smallest absolute Gasteiger partial charge is 0.0321 e. The SMILES string of the molecule is C[C@@H]1CC[C@@H](c2ccncc2)NC1. The van der Waals surface area contributed by atoms with E-state index in [0.717, 1.165) is 12.5 Å². The summed E-state index contributed by atoms with van der Waals surface area (Å²) in [4.78, 5) is 4.03. The molecule has 2 heteroatoms. The number of nitrogens with zero attached hydrogens (tertiary/aromatic N) is 1. The summed E-state index contributed by atoms with van der Waals surface area (Å²) in [6.45, 7) is 3.45. The Morgan fingerprint density at radius 3 is 2.69 bits per heavy atom. The number of rotatable bonds is 1. The molecular formula is C11H16N2. The Balaban J connectivity index is 2.03. The van der Waals surface area contributed by atoms with Crippen molar-refractivity contribution in [3.63, 3.8) is 0 Å². The molecule has 0 bridgehead atoms. The quantitative estimate of drug-likeness (QED) is 0.709. The maximum absolute atomic E-state index is 4.03. The summed E-state index contributed by atoms with van der Waals surface area (Å²) in [5, 5.41) is 3.56. The molecule has 2 nitrogen and oxygen atoms in total. The normalized spacial score (nSPS) is 28.7. The first kappa shape index (κ1) is 8.70. The van der Waals surface area contributed by atoms with Crippen LogP contribution >= 0.6 is 0 Å². The van der Waals surface area contributed by atoms with Crippen LogP contribution in [0.5, 0.6) is 0 Å². The standard InChI is InChI=1S/C11H16N2/c1-9-2-3-11(13-8-9)10-4-6-12-7-5-10/h4-7,9,11,13H,2-3,8H2,1H3/t9-,11+/m1/s1. The predicted molar refractivity (Wildman–Crippen MR) is 53.4 cm³/mol. The Labute approximate surface area is 79.4 Å². The Morgan fingerprint density at radius 2 is 2.08 bits per heavy atom. The molecule has 1 N–H and O–H groups in total. The molecule has 1 fully saturated rings. The monoisotopic (exact) mass is 176 g/mol. The van der Waals surface area contributed by atoms with Crippen LogP contribution < -0.4 is 5.32 Å². The van der Waals surface area contributed by atoms with Crippen molar-refractivity contribution in [1.82, 2.24) is 10.3 Å². The highest BCUT2D eigenvalue weighted by Crippen LogP contribution is 2.24. The van der Waals surface area contributed by atoms with E-state index in [2.05, 4.69) is 29.4 Å². The lowest BCUT2D eigenvalue weighted by molar-refractivity contribution is 0.333. The zero-order chi connectivity index (χ0) is 9.10. The number of pyridine rings is 1. The van der Waals surface area contributed by atoms with Crippen LogP contribution in [0.3, 0.4) is 0 Å². The van der Waals surface area contributed by atoms with E-state index in [1.165, 1.54) is 18.4 Å². The van der Waals surface area contributed by atoms with Crippen molar-refractivity contribution < 1.29 is 0 Å². The third-order valence-electron chi connectivity index (χ3n) is 2.77. The highest BCUT2D eigenvalue weighted by atomic mass is 14.9. The van der Waals surface area contributed by atoms with E-state index < -0.39 is 0 Å². The van der Waals surface area contributed by atoms with Gasteiger partial charge in [0.15, 0.2) is 0 Å². The topological polar surface area (TPSA) is 24.9 Å². The van der Waals surface area contributed by atoms with Gasteiger partial charge in [0.1, 0.15) is 0 Å². The van der Waals surface area contributed by atoms with Gasteiger partial charge in [-0.15, -0.1) is 0 Å². The van der Waals surface area contributed by atoms with Crippen molar-refractivity contribution >= 4 is 0 Å². The molecule has 2 heterocycles. The number of hydrogen-bond donors (Lipinski definition) is 1. The fraction of sp³-hybridized carbons (Fsp3) is 0.545. The third-order valence-corrected chi connectivity index (χ3v) is 2.77. The van der Waals surface area contributed by atoms with Crippen LogP contribution in [-0.2, 0) is 0 Å². The van der Waals surface area contributed by atoms with Gasteiger partial charge in [-0.25, -0.2) is 0 Å². The van der Waals surface area contributed by atoms with Gasteiger partial charge in [-0.3, -0.25) is 4.98 Å². The van der Waals surface area contributed by atoms with Crippen molar-refractivity contribution in [2.24, 2.45) is 5.92 Å². The third kappa shape index (κ3) is 2.07. The van der Waals surface area contributed by atoms with Crippen LogP contribution in [0.1, 0.15) is 31.4 Å². The average Bonchev–Trinajstić information content (AvgIpc) is 2.20. The van der Waals surface area contributed by atoms with Gasteiger partial charge in [0, 0.05) is 18.4 Å². The second-order valence-corrected chi connectivity index (χ2v) is 3.92. The van der Waals surface area contributed by atoms with E-state index in [1.54, 1.807) is 0 Å². The molecule has 0 amide bonds. The maximum atomic E-state index is 4.03. The molecule has 0 radical (unpaired) electrons. The van der Waals surface area contributed by atoms with Gasteiger partial charge >= 0.3 is 0 Å². The lowest BCUT2D eigenvalue weighted by Gasteiger charge is -2.27. The van der Waals surface area contributed by atoms with E-state index in [9.17, 15) is 0 Å².